The predicted octanol–water partition coefficient (Wildman–Crippen LogP) is 3.30. The summed E-state index contributed by atoms with van der Waals surface area (Å²) in [5.41, 5.74) is 1.90. The first-order valence-electron chi connectivity index (χ1n) is 11.0. The van der Waals surface area contributed by atoms with E-state index in [2.05, 4.69) is 25.1 Å². The normalized spacial score (nSPS) is 27.1. The average molecular weight is 444 g/mol. The maximum Gasteiger partial charge on any atom is 0.171 e. The molecule has 3 unspecified atom stereocenters. The number of methoxy groups -OCH3 is 1. The SMILES string of the molecule is COCC1CCN(C(C2CCC(c3[nH]ncc4cnc5nccc5c34)CC2)S(=O)O)C1. The number of aromatic amines is 1. The van der Waals surface area contributed by atoms with Gasteiger partial charge in [0, 0.05) is 53.8 Å². The van der Waals surface area contributed by atoms with Crippen molar-refractivity contribution in [1.29, 1.82) is 0 Å². The number of ether oxygens (including phenoxy) is 1. The van der Waals surface area contributed by atoms with Gasteiger partial charge in [-0.15, -0.1) is 0 Å². The molecule has 3 aromatic heterocycles. The van der Waals surface area contributed by atoms with Crippen molar-refractivity contribution in [2.45, 2.75) is 43.4 Å². The molecule has 0 bridgehead atoms. The molecule has 31 heavy (non-hydrogen) atoms. The van der Waals surface area contributed by atoms with E-state index >= 15 is 0 Å². The number of hydrogen-bond donors (Lipinski definition) is 2. The lowest BCUT2D eigenvalue weighted by molar-refractivity contribution is 0.141. The molecule has 1 aliphatic heterocycles. The van der Waals surface area contributed by atoms with Gasteiger partial charge in [0.25, 0.3) is 0 Å². The topological polar surface area (TPSA) is 104 Å². The lowest BCUT2D eigenvalue weighted by atomic mass is 9.79. The van der Waals surface area contributed by atoms with Gasteiger partial charge in [0.15, 0.2) is 16.7 Å². The van der Waals surface area contributed by atoms with E-state index in [1.807, 2.05) is 18.5 Å². The van der Waals surface area contributed by atoms with Gasteiger partial charge in [0.05, 0.1) is 12.8 Å². The van der Waals surface area contributed by atoms with Gasteiger partial charge < -0.3 is 9.29 Å². The number of pyridine rings is 1. The largest absolute Gasteiger partial charge is 0.384 e. The lowest BCUT2D eigenvalue weighted by Crippen LogP contribution is -2.43. The zero-order chi connectivity index (χ0) is 21.4. The van der Waals surface area contributed by atoms with Crippen molar-refractivity contribution < 1.29 is 13.5 Å². The summed E-state index contributed by atoms with van der Waals surface area (Å²) in [6.07, 6.45) is 10.3. The fraction of sp³-hybridized carbons (Fsp3) is 0.591. The quantitative estimate of drug-likeness (QED) is 0.563. The van der Waals surface area contributed by atoms with Gasteiger partial charge in [-0.2, -0.15) is 5.10 Å². The Morgan fingerprint density at radius 3 is 2.87 bits per heavy atom. The highest BCUT2D eigenvalue weighted by Gasteiger charge is 2.39. The number of fused-ring (bicyclic) bond motifs is 3. The maximum atomic E-state index is 12.3. The summed E-state index contributed by atoms with van der Waals surface area (Å²) in [5, 5.41) is 10.6. The molecule has 2 N–H and O–H groups in total. The van der Waals surface area contributed by atoms with E-state index in [1.165, 1.54) is 0 Å². The molecule has 5 rings (SSSR count). The van der Waals surface area contributed by atoms with Crippen molar-refractivity contribution in [2.24, 2.45) is 11.8 Å². The van der Waals surface area contributed by atoms with Crippen molar-refractivity contribution in [1.82, 2.24) is 25.1 Å². The predicted molar refractivity (Wildman–Crippen MR) is 120 cm³/mol. The van der Waals surface area contributed by atoms with Crippen LogP contribution >= 0.6 is 0 Å². The van der Waals surface area contributed by atoms with E-state index in [0.29, 0.717) is 11.8 Å². The third kappa shape index (κ3) is 4.00. The second-order valence-corrected chi connectivity index (χ2v) is 9.97. The molecule has 3 atom stereocenters. The van der Waals surface area contributed by atoms with Crippen LogP contribution in [0.4, 0.5) is 0 Å². The number of nitrogens with one attached hydrogen (secondary N) is 1. The highest BCUT2D eigenvalue weighted by molar-refractivity contribution is 7.79. The molecule has 0 aromatic carbocycles. The minimum atomic E-state index is -1.85. The molecule has 166 valence electrons. The Labute approximate surface area is 184 Å². The van der Waals surface area contributed by atoms with Crippen LogP contribution in [0.1, 0.15) is 43.7 Å². The van der Waals surface area contributed by atoms with E-state index in [0.717, 1.165) is 79.3 Å². The highest BCUT2D eigenvalue weighted by atomic mass is 32.2. The molecule has 8 nitrogen and oxygen atoms in total. The van der Waals surface area contributed by atoms with E-state index in [4.69, 9.17) is 4.74 Å². The second kappa shape index (κ2) is 8.90. The first-order chi connectivity index (χ1) is 15.2. The molecule has 1 saturated heterocycles. The van der Waals surface area contributed by atoms with Crippen LogP contribution in [0.2, 0.25) is 0 Å². The third-order valence-electron chi connectivity index (χ3n) is 7.09. The van der Waals surface area contributed by atoms with Crippen molar-refractivity contribution >= 4 is 32.9 Å². The number of likely N-dealkylation sites (tertiary alicyclic amines) is 1. The molecular formula is C22H29N5O3S. The van der Waals surface area contributed by atoms with Crippen LogP contribution in [0.15, 0.2) is 24.7 Å². The van der Waals surface area contributed by atoms with Gasteiger partial charge >= 0.3 is 0 Å². The molecule has 1 aliphatic carbocycles. The number of aromatic nitrogens is 4. The smallest absolute Gasteiger partial charge is 0.171 e. The standard InChI is InChI=1S/C22H29N5O3S/c1-30-13-14-7-9-27(12-14)22(31(28)29)16-4-2-15(3-5-16)20-19-17(11-25-26-20)10-24-21-18(19)6-8-23-21/h6,8,10-11,14-16,22,26H,2-5,7,9,12-13H2,1H3,(H,28,29). The molecule has 1 saturated carbocycles. The van der Waals surface area contributed by atoms with Crippen LogP contribution in [0, 0.1) is 11.8 Å². The van der Waals surface area contributed by atoms with E-state index in [-0.39, 0.29) is 11.3 Å². The number of nitrogens with zero attached hydrogens (tertiary/aromatic N) is 4. The second-order valence-electron chi connectivity index (χ2n) is 8.94. The Kier molecular flexibility index (Phi) is 6.01. The van der Waals surface area contributed by atoms with Crippen molar-refractivity contribution in [2.75, 3.05) is 26.8 Å². The third-order valence-corrected chi connectivity index (χ3v) is 8.19. The highest BCUT2D eigenvalue weighted by Crippen LogP contribution is 2.41. The molecule has 0 radical (unpaired) electrons. The molecule has 0 spiro atoms. The van der Waals surface area contributed by atoms with Gasteiger partial charge in [-0.05, 0) is 56.6 Å². The molecule has 9 heteroatoms. The average Bonchev–Trinajstić information content (AvgIpc) is 3.44. The molecule has 0 amide bonds. The summed E-state index contributed by atoms with van der Waals surface area (Å²) in [5.74, 6) is 1.03. The van der Waals surface area contributed by atoms with Crippen LogP contribution in [0.25, 0.3) is 21.8 Å². The van der Waals surface area contributed by atoms with Gasteiger partial charge in [0.2, 0.25) is 0 Å². The summed E-state index contributed by atoms with van der Waals surface area (Å²) in [6, 6.07) is 2.02. The molecular weight excluding hydrogens is 414 g/mol. The molecule has 4 heterocycles. The molecule has 2 fully saturated rings. The van der Waals surface area contributed by atoms with Gasteiger partial charge in [-0.25, -0.2) is 14.2 Å². The van der Waals surface area contributed by atoms with Crippen LogP contribution in [0.3, 0.4) is 0 Å². The van der Waals surface area contributed by atoms with Crippen molar-refractivity contribution in [3.05, 3.63) is 30.4 Å². The minimum absolute atomic E-state index is 0.230. The number of H-pyrrole nitrogens is 1. The minimum Gasteiger partial charge on any atom is -0.384 e. The number of rotatable bonds is 6. The van der Waals surface area contributed by atoms with E-state index in [1.54, 1.807) is 13.3 Å². The lowest BCUT2D eigenvalue weighted by Gasteiger charge is -2.36. The van der Waals surface area contributed by atoms with E-state index < -0.39 is 11.1 Å². The summed E-state index contributed by atoms with van der Waals surface area (Å²) in [7, 11) is 1.72. The van der Waals surface area contributed by atoms with Gasteiger partial charge in [0.1, 0.15) is 5.37 Å². The van der Waals surface area contributed by atoms with Gasteiger partial charge in [-0.3, -0.25) is 10.00 Å². The Hall–Kier alpha value is -1.94. The van der Waals surface area contributed by atoms with Crippen LogP contribution in [-0.2, 0) is 15.8 Å². The van der Waals surface area contributed by atoms with E-state index in [9.17, 15) is 8.76 Å². The fourth-order valence-electron chi connectivity index (χ4n) is 5.65. The first kappa shape index (κ1) is 20.9. The Morgan fingerprint density at radius 2 is 2.10 bits per heavy atom. The summed E-state index contributed by atoms with van der Waals surface area (Å²) in [6.45, 7) is 2.44. The Morgan fingerprint density at radius 1 is 1.26 bits per heavy atom. The first-order valence-corrected chi connectivity index (χ1v) is 12.2. The van der Waals surface area contributed by atoms with Crippen LogP contribution in [0.5, 0.6) is 0 Å². The summed E-state index contributed by atoms with van der Waals surface area (Å²) >= 11 is -1.85. The Balaban J connectivity index is 1.34. The number of hydrogen-bond acceptors (Lipinski definition) is 6. The van der Waals surface area contributed by atoms with Crippen LogP contribution in [-0.4, -0.2) is 66.0 Å². The van der Waals surface area contributed by atoms with Crippen molar-refractivity contribution in [3.8, 4) is 0 Å². The fourth-order valence-corrected chi connectivity index (χ4v) is 6.69. The summed E-state index contributed by atoms with van der Waals surface area (Å²) < 4.78 is 27.7. The maximum absolute atomic E-state index is 12.3. The van der Waals surface area contributed by atoms with Crippen LogP contribution < -0.4 is 0 Å². The summed E-state index contributed by atoms with van der Waals surface area (Å²) in [4.78, 5) is 11.0. The monoisotopic (exact) mass is 443 g/mol. The zero-order valence-corrected chi connectivity index (χ0v) is 18.6. The zero-order valence-electron chi connectivity index (χ0n) is 17.7. The molecule has 3 aromatic rings. The van der Waals surface area contributed by atoms with Gasteiger partial charge in [-0.1, -0.05) is 0 Å². The molecule has 2 aliphatic rings. The van der Waals surface area contributed by atoms with Crippen molar-refractivity contribution in [3.63, 3.8) is 0 Å². The Bertz CT molecular complexity index is 1080.